The summed E-state index contributed by atoms with van der Waals surface area (Å²) in [4.78, 5) is 12.4. The summed E-state index contributed by atoms with van der Waals surface area (Å²) in [5.41, 5.74) is 4.49. The second-order valence-electron chi connectivity index (χ2n) is 7.47. The van der Waals surface area contributed by atoms with Gasteiger partial charge >= 0.3 is 0 Å². The smallest absolute Gasteiger partial charge is 0.251 e. The van der Waals surface area contributed by atoms with Crippen LogP contribution >= 0.6 is 0 Å². The van der Waals surface area contributed by atoms with Crippen molar-refractivity contribution >= 4 is 11.6 Å². The molecule has 2 aliphatic heterocycles. The van der Waals surface area contributed by atoms with E-state index in [1.807, 2.05) is 6.07 Å². The number of carbonyl (C=O) groups excluding carboxylic acids is 1. The van der Waals surface area contributed by atoms with Crippen LogP contribution in [0.3, 0.4) is 0 Å². The molecule has 2 aromatic carbocycles. The molecule has 3 N–H and O–H groups in total. The van der Waals surface area contributed by atoms with Crippen LogP contribution in [0.15, 0.2) is 48.5 Å². The third-order valence-corrected chi connectivity index (χ3v) is 5.73. The van der Waals surface area contributed by atoms with Gasteiger partial charge in [0.2, 0.25) is 0 Å². The van der Waals surface area contributed by atoms with E-state index >= 15 is 0 Å². The van der Waals surface area contributed by atoms with Crippen molar-refractivity contribution in [3.8, 4) is 0 Å². The van der Waals surface area contributed by atoms with E-state index in [-0.39, 0.29) is 5.91 Å². The summed E-state index contributed by atoms with van der Waals surface area (Å²) in [6.07, 6.45) is 3.38. The van der Waals surface area contributed by atoms with Gasteiger partial charge in [-0.25, -0.2) is 0 Å². The van der Waals surface area contributed by atoms with Gasteiger partial charge in [-0.3, -0.25) is 4.79 Å². The Morgan fingerprint density at radius 1 is 1.00 bits per heavy atom. The molecular formula is C21H23N3O. The molecule has 0 bridgehead atoms. The second-order valence-corrected chi connectivity index (χ2v) is 7.47. The minimum Gasteiger partial charge on any atom is -0.378 e. The van der Waals surface area contributed by atoms with Gasteiger partial charge in [0.15, 0.2) is 0 Å². The molecule has 2 aromatic rings. The van der Waals surface area contributed by atoms with Crippen LogP contribution in [0, 0.1) is 5.92 Å². The number of hydrogen-bond acceptors (Lipinski definition) is 3. The molecule has 25 heavy (non-hydrogen) atoms. The van der Waals surface area contributed by atoms with Crippen molar-refractivity contribution in [3.63, 3.8) is 0 Å². The zero-order valence-electron chi connectivity index (χ0n) is 14.2. The van der Waals surface area contributed by atoms with Crippen LogP contribution in [0.4, 0.5) is 5.69 Å². The Hall–Kier alpha value is -2.33. The molecule has 0 aromatic heterocycles. The molecule has 2 heterocycles. The Morgan fingerprint density at radius 3 is 2.64 bits per heavy atom. The van der Waals surface area contributed by atoms with Gasteiger partial charge in [0, 0.05) is 29.3 Å². The summed E-state index contributed by atoms with van der Waals surface area (Å²) in [7, 11) is 0. The maximum Gasteiger partial charge on any atom is 0.251 e. The molecular weight excluding hydrogens is 310 g/mol. The van der Waals surface area contributed by atoms with Gasteiger partial charge < -0.3 is 16.0 Å². The van der Waals surface area contributed by atoms with E-state index in [4.69, 9.17) is 0 Å². The van der Waals surface area contributed by atoms with Gasteiger partial charge in [-0.15, -0.1) is 0 Å². The Morgan fingerprint density at radius 2 is 1.84 bits per heavy atom. The topological polar surface area (TPSA) is 53.2 Å². The fraction of sp³-hybridized carbons (Fsp3) is 0.381. The van der Waals surface area contributed by atoms with Crippen LogP contribution in [0.2, 0.25) is 0 Å². The van der Waals surface area contributed by atoms with E-state index in [0.717, 1.165) is 37.1 Å². The van der Waals surface area contributed by atoms with Gasteiger partial charge in [-0.1, -0.05) is 30.3 Å². The third kappa shape index (κ3) is 2.71. The van der Waals surface area contributed by atoms with Gasteiger partial charge in [0.1, 0.15) is 0 Å². The predicted molar refractivity (Wildman–Crippen MR) is 98.6 cm³/mol. The highest BCUT2D eigenvalue weighted by atomic mass is 16.1. The van der Waals surface area contributed by atoms with Gasteiger partial charge in [0.25, 0.3) is 5.91 Å². The number of carbonyl (C=O) groups is 1. The summed E-state index contributed by atoms with van der Waals surface area (Å²) in [5, 5.41) is 10.5. The number of hydrogen-bond donors (Lipinski definition) is 3. The number of nitrogens with one attached hydrogen (secondary N) is 3. The minimum atomic E-state index is 0.0602. The third-order valence-electron chi connectivity index (χ3n) is 5.73. The molecule has 3 aliphatic rings. The largest absolute Gasteiger partial charge is 0.378 e. The van der Waals surface area contributed by atoms with Gasteiger partial charge in [-0.2, -0.15) is 0 Å². The van der Waals surface area contributed by atoms with E-state index in [1.54, 1.807) is 0 Å². The molecule has 1 amide bonds. The summed E-state index contributed by atoms with van der Waals surface area (Å²) in [5.74, 6) is 0.571. The molecule has 1 saturated heterocycles. The first-order valence-corrected chi connectivity index (χ1v) is 9.29. The van der Waals surface area contributed by atoms with E-state index in [1.165, 1.54) is 11.1 Å². The van der Waals surface area contributed by atoms with E-state index in [2.05, 4.69) is 58.4 Å². The molecule has 4 heteroatoms. The Kier molecular flexibility index (Phi) is 3.52. The monoisotopic (exact) mass is 333 g/mol. The van der Waals surface area contributed by atoms with Crippen molar-refractivity contribution in [3.05, 3.63) is 65.2 Å². The molecule has 4 nitrogen and oxygen atoms in total. The Labute approximate surface area is 148 Å². The Balaban J connectivity index is 1.48. The highest BCUT2D eigenvalue weighted by Crippen LogP contribution is 2.47. The van der Waals surface area contributed by atoms with Crippen LogP contribution in [-0.4, -0.2) is 18.5 Å². The van der Waals surface area contributed by atoms with Crippen LogP contribution in [-0.2, 0) is 0 Å². The summed E-state index contributed by atoms with van der Waals surface area (Å²) in [6.45, 7) is 1.03. The lowest BCUT2D eigenvalue weighted by atomic mass is 9.80. The quantitative estimate of drug-likeness (QED) is 0.807. The van der Waals surface area contributed by atoms with Crippen molar-refractivity contribution in [1.29, 1.82) is 0 Å². The number of amides is 1. The molecule has 2 fully saturated rings. The summed E-state index contributed by atoms with van der Waals surface area (Å²) in [6, 6.07) is 17.8. The lowest BCUT2D eigenvalue weighted by Gasteiger charge is -2.37. The lowest BCUT2D eigenvalue weighted by Crippen LogP contribution is -2.33. The van der Waals surface area contributed by atoms with Gasteiger partial charge in [-0.05, 0) is 55.1 Å². The first-order chi connectivity index (χ1) is 12.3. The summed E-state index contributed by atoms with van der Waals surface area (Å²) < 4.78 is 0. The fourth-order valence-electron chi connectivity index (χ4n) is 4.28. The number of fused-ring (bicyclic) bond motifs is 3. The highest BCUT2D eigenvalue weighted by molar-refractivity contribution is 5.95. The molecule has 1 aliphatic carbocycles. The molecule has 0 spiro atoms. The lowest BCUT2D eigenvalue weighted by molar-refractivity contribution is 0.0951. The molecule has 0 radical (unpaired) electrons. The molecule has 5 rings (SSSR count). The predicted octanol–water partition coefficient (Wildman–Crippen LogP) is 3.40. The maximum absolute atomic E-state index is 12.4. The standard InChI is InChI=1S/C21H23N3O/c25-21(23-15-7-8-15)14-6-9-18-17(12-14)20-16(10-11-22-20)19(24-18)13-4-2-1-3-5-13/h1-6,9,12,15-16,19-20,22,24H,7-8,10-11H2,(H,23,25). The van der Waals surface area contributed by atoms with E-state index < -0.39 is 0 Å². The van der Waals surface area contributed by atoms with Crippen molar-refractivity contribution in [2.24, 2.45) is 5.92 Å². The first-order valence-electron chi connectivity index (χ1n) is 9.29. The zero-order chi connectivity index (χ0) is 16.8. The molecule has 3 unspecified atom stereocenters. The van der Waals surface area contributed by atoms with Crippen molar-refractivity contribution in [2.75, 3.05) is 11.9 Å². The van der Waals surface area contributed by atoms with Crippen LogP contribution in [0.1, 0.15) is 52.8 Å². The summed E-state index contributed by atoms with van der Waals surface area (Å²) >= 11 is 0. The number of benzene rings is 2. The normalized spacial score (nSPS) is 27.1. The van der Waals surface area contributed by atoms with E-state index in [0.29, 0.717) is 24.0 Å². The number of rotatable bonds is 3. The van der Waals surface area contributed by atoms with E-state index in [9.17, 15) is 4.79 Å². The maximum atomic E-state index is 12.4. The van der Waals surface area contributed by atoms with Crippen molar-refractivity contribution in [1.82, 2.24) is 10.6 Å². The van der Waals surface area contributed by atoms with Crippen molar-refractivity contribution in [2.45, 2.75) is 37.4 Å². The molecule has 1 saturated carbocycles. The van der Waals surface area contributed by atoms with Gasteiger partial charge in [0.05, 0.1) is 6.04 Å². The number of anilines is 1. The SMILES string of the molecule is O=C(NC1CC1)c1ccc2c(c1)C1NCCC1C(c1ccccc1)N2. The Bertz CT molecular complexity index is 800. The average molecular weight is 333 g/mol. The van der Waals surface area contributed by atoms with Crippen LogP contribution in [0.5, 0.6) is 0 Å². The fourth-order valence-corrected chi connectivity index (χ4v) is 4.28. The second kappa shape index (κ2) is 5.88. The molecule has 128 valence electrons. The van der Waals surface area contributed by atoms with Crippen molar-refractivity contribution < 1.29 is 4.79 Å². The minimum absolute atomic E-state index is 0.0602. The van der Waals surface area contributed by atoms with Crippen LogP contribution < -0.4 is 16.0 Å². The average Bonchev–Trinajstić information content (AvgIpc) is 3.33. The highest BCUT2D eigenvalue weighted by Gasteiger charge is 2.40. The van der Waals surface area contributed by atoms with Crippen LogP contribution in [0.25, 0.3) is 0 Å². The first kappa shape index (κ1) is 15.0. The zero-order valence-corrected chi connectivity index (χ0v) is 14.2. The molecule has 3 atom stereocenters.